The van der Waals surface area contributed by atoms with Crippen LogP contribution in [0.2, 0.25) is 5.02 Å². The Bertz CT molecular complexity index is 1290. The second-order valence-electron chi connectivity index (χ2n) is 6.51. The lowest BCUT2D eigenvalue weighted by atomic mass is 10.1. The summed E-state index contributed by atoms with van der Waals surface area (Å²) >= 11 is 5.87. The molecule has 0 saturated heterocycles. The quantitative estimate of drug-likeness (QED) is 0.442. The molecule has 0 bridgehead atoms. The highest BCUT2D eigenvalue weighted by molar-refractivity contribution is 6.31. The molecule has 2 aromatic heterocycles. The smallest absolute Gasteiger partial charge is 0.220 e. The number of anilines is 1. The molecule has 154 valence electrons. The number of pyridine rings is 1. The standard InChI is InChI=1S/C22H14ClF2N5O/c23-16-11-28-19(9-14(16)10-26)31-15-3-1-13(2-4-15)7-8-27-22-20-17(24)5-6-18(25)21(20)29-12-30-22/h1-6,9,11-12H,7-8H2,(H,27,29,30). The third-order valence-corrected chi connectivity index (χ3v) is 4.79. The van der Waals surface area contributed by atoms with Crippen LogP contribution in [0.4, 0.5) is 14.6 Å². The van der Waals surface area contributed by atoms with Crippen LogP contribution in [0.5, 0.6) is 11.6 Å². The number of rotatable bonds is 6. The Kier molecular flexibility index (Phi) is 5.87. The second kappa shape index (κ2) is 8.90. The van der Waals surface area contributed by atoms with Crippen molar-refractivity contribution in [2.24, 2.45) is 0 Å². The zero-order valence-electron chi connectivity index (χ0n) is 15.9. The Labute approximate surface area is 181 Å². The summed E-state index contributed by atoms with van der Waals surface area (Å²) in [4.78, 5) is 11.9. The summed E-state index contributed by atoms with van der Waals surface area (Å²) in [6, 6.07) is 12.8. The average Bonchev–Trinajstić information content (AvgIpc) is 2.79. The van der Waals surface area contributed by atoms with Crippen LogP contribution in [0, 0.1) is 23.0 Å². The average molecular weight is 438 g/mol. The maximum Gasteiger partial charge on any atom is 0.220 e. The molecule has 9 heteroatoms. The minimum absolute atomic E-state index is 0.0263. The summed E-state index contributed by atoms with van der Waals surface area (Å²) in [5, 5.41) is 12.3. The molecule has 0 fully saturated rings. The summed E-state index contributed by atoms with van der Waals surface area (Å²) in [5.74, 6) is -0.134. The minimum atomic E-state index is -0.602. The molecule has 0 aliphatic rings. The van der Waals surface area contributed by atoms with Crippen molar-refractivity contribution in [3.05, 3.63) is 82.8 Å². The number of nitrogens with zero attached hydrogens (tertiary/aromatic N) is 4. The molecule has 4 aromatic rings. The Balaban J connectivity index is 1.40. The molecule has 4 rings (SSSR count). The molecule has 0 aliphatic heterocycles. The van der Waals surface area contributed by atoms with Crippen LogP contribution in [-0.2, 0) is 6.42 Å². The number of nitriles is 1. The van der Waals surface area contributed by atoms with Gasteiger partial charge in [0.2, 0.25) is 5.88 Å². The molecule has 2 heterocycles. The summed E-state index contributed by atoms with van der Waals surface area (Å²) in [7, 11) is 0. The van der Waals surface area contributed by atoms with E-state index < -0.39 is 11.6 Å². The van der Waals surface area contributed by atoms with Crippen molar-refractivity contribution < 1.29 is 13.5 Å². The van der Waals surface area contributed by atoms with Gasteiger partial charge in [0.15, 0.2) is 0 Å². The van der Waals surface area contributed by atoms with E-state index in [-0.39, 0.29) is 33.2 Å². The van der Waals surface area contributed by atoms with Gasteiger partial charge < -0.3 is 10.1 Å². The number of nitrogens with one attached hydrogen (secondary N) is 1. The molecule has 0 aliphatic carbocycles. The Hall–Kier alpha value is -3.83. The number of ether oxygens (including phenoxy) is 1. The molecule has 2 aromatic carbocycles. The molecule has 31 heavy (non-hydrogen) atoms. The van der Waals surface area contributed by atoms with E-state index in [9.17, 15) is 8.78 Å². The lowest BCUT2D eigenvalue weighted by molar-refractivity contribution is 0.462. The molecule has 0 unspecified atom stereocenters. The first-order valence-corrected chi connectivity index (χ1v) is 9.58. The van der Waals surface area contributed by atoms with Crippen LogP contribution in [0.1, 0.15) is 11.1 Å². The molecule has 0 radical (unpaired) electrons. The summed E-state index contributed by atoms with van der Waals surface area (Å²) in [6.07, 6.45) is 3.17. The third-order valence-electron chi connectivity index (χ3n) is 4.49. The monoisotopic (exact) mass is 437 g/mol. The summed E-state index contributed by atoms with van der Waals surface area (Å²) < 4.78 is 33.7. The zero-order valence-corrected chi connectivity index (χ0v) is 16.7. The molecule has 6 nitrogen and oxygen atoms in total. The maximum absolute atomic E-state index is 14.1. The number of benzene rings is 2. The zero-order chi connectivity index (χ0) is 21.8. The Morgan fingerprint density at radius 2 is 1.81 bits per heavy atom. The number of hydrogen-bond acceptors (Lipinski definition) is 6. The van der Waals surface area contributed by atoms with Crippen LogP contribution in [0.3, 0.4) is 0 Å². The van der Waals surface area contributed by atoms with Crippen molar-refractivity contribution in [3.63, 3.8) is 0 Å². The highest BCUT2D eigenvalue weighted by Gasteiger charge is 2.12. The van der Waals surface area contributed by atoms with E-state index >= 15 is 0 Å². The van der Waals surface area contributed by atoms with E-state index in [0.717, 1.165) is 17.7 Å². The van der Waals surface area contributed by atoms with Gasteiger partial charge in [-0.3, -0.25) is 0 Å². The van der Waals surface area contributed by atoms with Gasteiger partial charge in [0.1, 0.15) is 41.1 Å². The Morgan fingerprint density at radius 3 is 2.58 bits per heavy atom. The van der Waals surface area contributed by atoms with Crippen molar-refractivity contribution in [1.82, 2.24) is 15.0 Å². The second-order valence-corrected chi connectivity index (χ2v) is 6.92. The van der Waals surface area contributed by atoms with Gasteiger partial charge in [-0.25, -0.2) is 23.7 Å². The van der Waals surface area contributed by atoms with Crippen molar-refractivity contribution in [2.75, 3.05) is 11.9 Å². The number of fused-ring (bicyclic) bond motifs is 1. The first kappa shape index (κ1) is 20.4. The van der Waals surface area contributed by atoms with Crippen LogP contribution < -0.4 is 10.1 Å². The van der Waals surface area contributed by atoms with E-state index in [2.05, 4.69) is 20.3 Å². The first-order valence-electron chi connectivity index (χ1n) is 9.20. The van der Waals surface area contributed by atoms with Gasteiger partial charge in [0.25, 0.3) is 0 Å². The van der Waals surface area contributed by atoms with Crippen molar-refractivity contribution >= 4 is 28.3 Å². The van der Waals surface area contributed by atoms with Crippen molar-refractivity contribution in [3.8, 4) is 17.7 Å². The van der Waals surface area contributed by atoms with Gasteiger partial charge in [-0.1, -0.05) is 23.7 Å². The van der Waals surface area contributed by atoms with E-state index in [1.165, 1.54) is 18.6 Å². The Morgan fingerprint density at radius 1 is 1.03 bits per heavy atom. The minimum Gasteiger partial charge on any atom is -0.439 e. The molecule has 0 atom stereocenters. The molecule has 1 N–H and O–H groups in total. The number of hydrogen-bond donors (Lipinski definition) is 1. The van der Waals surface area contributed by atoms with Gasteiger partial charge >= 0.3 is 0 Å². The summed E-state index contributed by atoms with van der Waals surface area (Å²) in [5.41, 5.74) is 1.21. The topological polar surface area (TPSA) is 83.7 Å². The van der Waals surface area contributed by atoms with Gasteiger partial charge in [-0.05, 0) is 36.2 Å². The fourth-order valence-electron chi connectivity index (χ4n) is 2.97. The third kappa shape index (κ3) is 4.52. The molecule has 0 spiro atoms. The lowest BCUT2D eigenvalue weighted by Crippen LogP contribution is -2.08. The van der Waals surface area contributed by atoms with Crippen LogP contribution >= 0.6 is 11.6 Å². The molecular weight excluding hydrogens is 424 g/mol. The summed E-state index contributed by atoms with van der Waals surface area (Å²) in [6.45, 7) is 0.451. The first-order chi connectivity index (χ1) is 15.0. The van der Waals surface area contributed by atoms with E-state index in [4.69, 9.17) is 21.6 Å². The lowest BCUT2D eigenvalue weighted by Gasteiger charge is -2.10. The van der Waals surface area contributed by atoms with Crippen molar-refractivity contribution in [2.45, 2.75) is 6.42 Å². The van der Waals surface area contributed by atoms with Gasteiger partial charge in [0.05, 0.1) is 22.2 Å². The predicted molar refractivity (Wildman–Crippen MR) is 112 cm³/mol. The molecule has 0 saturated carbocycles. The molecule has 0 amide bonds. The maximum atomic E-state index is 14.1. The van der Waals surface area contributed by atoms with Crippen LogP contribution in [0.15, 0.2) is 55.0 Å². The fourth-order valence-corrected chi connectivity index (χ4v) is 3.11. The van der Waals surface area contributed by atoms with Gasteiger partial charge in [-0.15, -0.1) is 0 Å². The van der Waals surface area contributed by atoms with Crippen LogP contribution in [0.25, 0.3) is 10.9 Å². The SMILES string of the molecule is N#Cc1cc(Oc2ccc(CCNc3ncnc4c(F)ccc(F)c34)cc2)ncc1Cl. The van der Waals surface area contributed by atoms with E-state index in [1.807, 2.05) is 18.2 Å². The van der Waals surface area contributed by atoms with Crippen molar-refractivity contribution in [1.29, 1.82) is 5.26 Å². The van der Waals surface area contributed by atoms with E-state index in [0.29, 0.717) is 18.7 Å². The highest BCUT2D eigenvalue weighted by Crippen LogP contribution is 2.26. The van der Waals surface area contributed by atoms with Gasteiger partial charge in [-0.2, -0.15) is 5.26 Å². The normalized spacial score (nSPS) is 10.6. The highest BCUT2D eigenvalue weighted by atomic mass is 35.5. The van der Waals surface area contributed by atoms with Gasteiger partial charge in [0, 0.05) is 12.6 Å². The largest absolute Gasteiger partial charge is 0.439 e. The van der Waals surface area contributed by atoms with Crippen LogP contribution in [-0.4, -0.2) is 21.5 Å². The fraction of sp³-hybridized carbons (Fsp3) is 0.0909. The number of aromatic nitrogens is 3. The number of halogens is 3. The predicted octanol–water partition coefficient (Wildman–Crippen LogP) is 5.27. The van der Waals surface area contributed by atoms with E-state index in [1.54, 1.807) is 12.1 Å². The molecular formula is C22H14ClF2N5O.